The van der Waals surface area contributed by atoms with Crippen LogP contribution in [0.4, 0.5) is 0 Å². The molecule has 0 saturated heterocycles. The summed E-state index contributed by atoms with van der Waals surface area (Å²) in [5.41, 5.74) is 5.09. The normalized spacial score (nSPS) is 11.4. The van der Waals surface area contributed by atoms with E-state index < -0.39 is 24.3 Å². The molecule has 0 fully saturated rings. The van der Waals surface area contributed by atoms with E-state index in [1.807, 2.05) is 0 Å². The van der Waals surface area contributed by atoms with Crippen molar-refractivity contribution in [2.45, 2.75) is 13.8 Å². The fourth-order valence-corrected chi connectivity index (χ4v) is 0.954. The summed E-state index contributed by atoms with van der Waals surface area (Å²) in [6.45, 7) is 2.57. The van der Waals surface area contributed by atoms with Gasteiger partial charge in [-0.3, -0.25) is 4.79 Å². The van der Waals surface area contributed by atoms with E-state index in [1.54, 1.807) is 13.0 Å². The number of carbonyl (C=O) groups is 3. The molecule has 7 nitrogen and oxygen atoms in total. The minimum absolute atomic E-state index is 0.0469. The van der Waals surface area contributed by atoms with E-state index in [0.717, 1.165) is 12.2 Å². The van der Waals surface area contributed by atoms with E-state index in [4.69, 9.17) is 11.0 Å². The van der Waals surface area contributed by atoms with Crippen molar-refractivity contribution in [2.75, 3.05) is 13.2 Å². The summed E-state index contributed by atoms with van der Waals surface area (Å²) < 4.78 is 9.08. The van der Waals surface area contributed by atoms with Crippen LogP contribution in [-0.2, 0) is 23.9 Å². The molecular formula is C12H14N2O5. The lowest BCUT2D eigenvalue weighted by Gasteiger charge is -2.01. The molecule has 0 unspecified atom stereocenters. The Labute approximate surface area is 110 Å². The first-order valence-electron chi connectivity index (χ1n) is 5.33. The highest BCUT2D eigenvalue weighted by atomic mass is 16.5. The van der Waals surface area contributed by atoms with E-state index in [2.05, 4.69) is 9.47 Å². The van der Waals surface area contributed by atoms with Gasteiger partial charge in [0, 0.05) is 17.8 Å². The number of esters is 2. The molecule has 0 atom stereocenters. The molecule has 0 aromatic rings. The number of ketones is 1. The minimum Gasteiger partial charge on any atom is -0.463 e. The van der Waals surface area contributed by atoms with Crippen LogP contribution in [0.25, 0.3) is 0 Å². The Morgan fingerprint density at radius 3 is 2.16 bits per heavy atom. The van der Waals surface area contributed by atoms with Gasteiger partial charge < -0.3 is 15.2 Å². The summed E-state index contributed by atoms with van der Waals surface area (Å²) in [7, 11) is 0. The Morgan fingerprint density at radius 1 is 1.21 bits per heavy atom. The highest BCUT2D eigenvalue weighted by Crippen LogP contribution is 1.99. The van der Waals surface area contributed by atoms with Gasteiger partial charge in [0.2, 0.25) is 5.78 Å². The van der Waals surface area contributed by atoms with Crippen molar-refractivity contribution >= 4 is 17.7 Å². The standard InChI is InChI=1S/C12H14N2O5/c1-3-18-11(16)4-5-12(17)19-7-10(15)9(6-13)8(2)14/h4-5H,3,7,14H2,1-2H3/b5-4+,9-8+. The third-order valence-electron chi connectivity index (χ3n) is 1.77. The number of nitriles is 1. The maximum Gasteiger partial charge on any atom is 0.331 e. The number of hydrogen-bond donors (Lipinski definition) is 1. The van der Waals surface area contributed by atoms with Crippen molar-refractivity contribution in [3.63, 3.8) is 0 Å². The van der Waals surface area contributed by atoms with Crippen molar-refractivity contribution in [1.29, 1.82) is 5.26 Å². The zero-order valence-electron chi connectivity index (χ0n) is 10.6. The van der Waals surface area contributed by atoms with Gasteiger partial charge in [0.05, 0.1) is 6.61 Å². The molecule has 0 spiro atoms. The monoisotopic (exact) mass is 266 g/mol. The van der Waals surface area contributed by atoms with Crippen molar-refractivity contribution in [3.8, 4) is 6.07 Å². The van der Waals surface area contributed by atoms with Crippen LogP contribution in [-0.4, -0.2) is 30.9 Å². The summed E-state index contributed by atoms with van der Waals surface area (Å²) >= 11 is 0. The van der Waals surface area contributed by atoms with E-state index in [0.29, 0.717) is 0 Å². The average molecular weight is 266 g/mol. The van der Waals surface area contributed by atoms with E-state index >= 15 is 0 Å². The molecule has 0 bridgehead atoms. The summed E-state index contributed by atoms with van der Waals surface area (Å²) in [5, 5.41) is 8.64. The number of Topliss-reactive ketones (excluding diaryl/α,β-unsaturated/α-hetero) is 1. The number of nitrogens with two attached hydrogens (primary N) is 1. The molecule has 0 saturated carbocycles. The fraction of sp³-hybridized carbons (Fsp3) is 0.333. The molecule has 7 heteroatoms. The maximum absolute atomic E-state index is 11.4. The Bertz CT molecular complexity index is 467. The molecule has 0 aliphatic rings. The van der Waals surface area contributed by atoms with Crippen molar-refractivity contribution in [2.24, 2.45) is 5.73 Å². The van der Waals surface area contributed by atoms with Crippen molar-refractivity contribution < 1.29 is 23.9 Å². The molecule has 0 amide bonds. The number of allylic oxidation sites excluding steroid dienone is 1. The van der Waals surface area contributed by atoms with Gasteiger partial charge in [-0.25, -0.2) is 9.59 Å². The molecule has 0 aromatic heterocycles. The molecular weight excluding hydrogens is 252 g/mol. The van der Waals surface area contributed by atoms with Gasteiger partial charge in [0.25, 0.3) is 0 Å². The number of rotatable bonds is 6. The zero-order chi connectivity index (χ0) is 14.8. The number of hydrogen-bond acceptors (Lipinski definition) is 7. The predicted octanol–water partition coefficient (Wildman–Crippen LogP) is -0.0257. The topological polar surface area (TPSA) is 119 Å². The second-order valence-electron chi connectivity index (χ2n) is 3.29. The molecule has 0 aliphatic carbocycles. The smallest absolute Gasteiger partial charge is 0.331 e. The summed E-state index contributed by atoms with van der Waals surface area (Å²) in [6, 6.07) is 1.61. The largest absolute Gasteiger partial charge is 0.463 e. The predicted molar refractivity (Wildman–Crippen MR) is 64.2 cm³/mol. The molecule has 0 aromatic carbocycles. The molecule has 0 aliphatic heterocycles. The number of ether oxygens (including phenoxy) is 2. The van der Waals surface area contributed by atoms with Gasteiger partial charge >= 0.3 is 11.9 Å². The minimum atomic E-state index is -0.895. The van der Waals surface area contributed by atoms with Crippen LogP contribution in [0.1, 0.15) is 13.8 Å². The first-order valence-corrected chi connectivity index (χ1v) is 5.33. The zero-order valence-corrected chi connectivity index (χ0v) is 10.6. The van der Waals surface area contributed by atoms with Gasteiger partial charge in [-0.15, -0.1) is 0 Å². The van der Waals surface area contributed by atoms with Crippen LogP contribution in [0.5, 0.6) is 0 Å². The first kappa shape index (κ1) is 16.4. The van der Waals surface area contributed by atoms with Gasteiger partial charge in [-0.1, -0.05) is 0 Å². The van der Waals surface area contributed by atoms with Gasteiger partial charge in [0.15, 0.2) is 6.61 Å². The summed E-state index contributed by atoms with van der Waals surface area (Å²) in [4.78, 5) is 33.4. The quantitative estimate of drug-likeness (QED) is 0.407. The number of carbonyl (C=O) groups excluding carboxylic acids is 3. The molecule has 0 heterocycles. The molecule has 2 N–H and O–H groups in total. The lowest BCUT2D eigenvalue weighted by Crippen LogP contribution is -2.16. The van der Waals surface area contributed by atoms with E-state index in [-0.39, 0.29) is 17.9 Å². The van der Waals surface area contributed by atoms with Crippen LogP contribution >= 0.6 is 0 Å². The lowest BCUT2D eigenvalue weighted by atomic mass is 10.1. The molecule has 0 radical (unpaired) electrons. The summed E-state index contributed by atoms with van der Waals surface area (Å²) in [6.07, 6.45) is 1.71. The molecule has 0 rings (SSSR count). The highest BCUT2D eigenvalue weighted by molar-refractivity contribution is 6.01. The van der Waals surface area contributed by atoms with Gasteiger partial charge in [-0.05, 0) is 13.8 Å². The van der Waals surface area contributed by atoms with Gasteiger partial charge in [0.1, 0.15) is 11.6 Å². The second kappa shape index (κ2) is 8.47. The van der Waals surface area contributed by atoms with Crippen molar-refractivity contribution in [1.82, 2.24) is 0 Å². The maximum atomic E-state index is 11.4. The SMILES string of the molecule is CCOC(=O)/C=C/C(=O)OCC(=O)/C(C#N)=C(\C)N. The van der Waals surface area contributed by atoms with E-state index in [1.165, 1.54) is 6.92 Å². The van der Waals surface area contributed by atoms with E-state index in [9.17, 15) is 14.4 Å². The third-order valence-corrected chi connectivity index (χ3v) is 1.77. The fourth-order valence-electron chi connectivity index (χ4n) is 0.954. The Kier molecular flexibility index (Phi) is 7.30. The van der Waals surface area contributed by atoms with Crippen LogP contribution < -0.4 is 5.73 Å². The Hall–Kier alpha value is -2.62. The lowest BCUT2D eigenvalue weighted by molar-refractivity contribution is -0.142. The Balaban J connectivity index is 4.33. The van der Waals surface area contributed by atoms with Crippen LogP contribution in [0, 0.1) is 11.3 Å². The summed E-state index contributed by atoms with van der Waals surface area (Å²) in [5.74, 6) is -2.30. The molecule has 19 heavy (non-hydrogen) atoms. The highest BCUT2D eigenvalue weighted by Gasteiger charge is 2.13. The number of nitrogens with zero attached hydrogens (tertiary/aromatic N) is 1. The average Bonchev–Trinajstić information content (AvgIpc) is 2.34. The first-order chi connectivity index (χ1) is 8.92. The van der Waals surface area contributed by atoms with Crippen LogP contribution in [0.3, 0.4) is 0 Å². The third kappa shape index (κ3) is 6.63. The van der Waals surface area contributed by atoms with Gasteiger partial charge in [-0.2, -0.15) is 5.26 Å². The molecule has 102 valence electrons. The van der Waals surface area contributed by atoms with Crippen LogP contribution in [0.15, 0.2) is 23.4 Å². The van der Waals surface area contributed by atoms with Crippen LogP contribution in [0.2, 0.25) is 0 Å². The second-order valence-corrected chi connectivity index (χ2v) is 3.29. The van der Waals surface area contributed by atoms with Crippen molar-refractivity contribution in [3.05, 3.63) is 23.4 Å². The Morgan fingerprint density at radius 2 is 1.74 bits per heavy atom.